The summed E-state index contributed by atoms with van der Waals surface area (Å²) in [6, 6.07) is 5.46. The highest BCUT2D eigenvalue weighted by Gasteiger charge is 2.51. The van der Waals surface area contributed by atoms with E-state index in [9.17, 15) is 26.7 Å². The maximum absolute atomic E-state index is 13.5. The third-order valence-electron chi connectivity index (χ3n) is 7.42. The number of benzene rings is 1. The summed E-state index contributed by atoms with van der Waals surface area (Å²) in [5.41, 5.74) is 3.68. The summed E-state index contributed by atoms with van der Waals surface area (Å²) in [7, 11) is -3.87. The van der Waals surface area contributed by atoms with Crippen molar-refractivity contribution in [3.8, 4) is 0 Å². The Hall–Kier alpha value is -1.99. The van der Waals surface area contributed by atoms with Gasteiger partial charge in [0.2, 0.25) is 10.0 Å². The minimum absolute atomic E-state index is 0.0551. The van der Waals surface area contributed by atoms with Crippen LogP contribution in [0.3, 0.4) is 0 Å². The fourth-order valence-corrected chi connectivity index (χ4v) is 7.14. The molecule has 2 aliphatic heterocycles. The second-order valence-corrected chi connectivity index (χ2v) is 12.4. The van der Waals surface area contributed by atoms with Crippen LogP contribution in [0, 0.1) is 5.92 Å². The van der Waals surface area contributed by atoms with E-state index in [0.717, 1.165) is 19.8 Å². The summed E-state index contributed by atoms with van der Waals surface area (Å²) in [6.07, 6.45) is 1.02. The van der Waals surface area contributed by atoms with E-state index in [-0.39, 0.29) is 29.6 Å². The third kappa shape index (κ3) is 5.88. The lowest BCUT2D eigenvalue weighted by molar-refractivity contribution is -0.258. The van der Waals surface area contributed by atoms with E-state index in [1.54, 1.807) is 18.2 Å². The minimum atomic E-state index is -4.81. The summed E-state index contributed by atoms with van der Waals surface area (Å²) >= 11 is 5.33. The highest BCUT2D eigenvalue weighted by atomic mass is 32.2. The molecule has 0 amide bonds. The first-order valence-corrected chi connectivity index (χ1v) is 14.1. The summed E-state index contributed by atoms with van der Waals surface area (Å²) in [5.74, 6) is 0.336. The Morgan fingerprint density at radius 3 is 2.43 bits per heavy atom. The van der Waals surface area contributed by atoms with Crippen molar-refractivity contribution in [2.45, 2.75) is 50.4 Å². The van der Waals surface area contributed by atoms with Gasteiger partial charge in [0, 0.05) is 61.6 Å². The number of allylic oxidation sites excluding steroid dienone is 3. The molecule has 37 heavy (non-hydrogen) atoms. The first-order chi connectivity index (χ1) is 17.3. The Kier molecular flexibility index (Phi) is 8.06. The minimum Gasteiger partial charge on any atom is -0.399 e. The summed E-state index contributed by atoms with van der Waals surface area (Å²) in [5, 5.41) is 10.0. The molecular weight excluding hydrogens is 527 g/mol. The summed E-state index contributed by atoms with van der Waals surface area (Å²) < 4.78 is 73.9. The Balaban J connectivity index is 1.60. The largest absolute Gasteiger partial charge is 0.421 e. The predicted octanol–water partition coefficient (Wildman–Crippen LogP) is 3.59. The lowest BCUT2D eigenvalue weighted by atomic mass is 9.90. The number of piperazine rings is 1. The lowest BCUT2D eigenvalue weighted by Crippen LogP contribution is -2.56. The quantitative estimate of drug-likeness (QED) is 0.515. The monoisotopic (exact) mass is 559 g/mol. The molecule has 2 fully saturated rings. The molecule has 7 nitrogen and oxygen atoms in total. The normalized spacial score (nSPS) is 24.4. The fourth-order valence-electron chi connectivity index (χ4n) is 5.05. The van der Waals surface area contributed by atoms with E-state index in [2.05, 4.69) is 4.90 Å². The molecule has 0 aromatic heterocycles. The van der Waals surface area contributed by atoms with Crippen LogP contribution in [0.25, 0.3) is 0 Å². The van der Waals surface area contributed by atoms with E-state index in [1.165, 1.54) is 22.5 Å². The number of hydrogen-bond acceptors (Lipinski definition) is 7. The first kappa shape index (κ1) is 28.0. The molecule has 2 heterocycles. The average Bonchev–Trinajstić information content (AvgIpc) is 2.85. The van der Waals surface area contributed by atoms with Crippen LogP contribution < -0.4 is 10.6 Å². The molecule has 1 aromatic rings. The molecule has 3 N–H and O–H groups in total. The SMILES string of the molecule is C[C@@](O)(c1ccc(N2CCN(S(=O)(=O)C3=CC(N)=CCC3=S)C[C@@H]2CC2CCOCC2)cc1)C(F)(F)F. The molecule has 0 radical (unpaired) electrons. The number of anilines is 1. The molecule has 204 valence electrons. The van der Waals surface area contributed by atoms with Gasteiger partial charge in [0.05, 0.1) is 4.91 Å². The van der Waals surface area contributed by atoms with Crippen LogP contribution >= 0.6 is 12.2 Å². The second kappa shape index (κ2) is 10.6. The topological polar surface area (TPSA) is 96.1 Å². The Labute approximate surface area is 220 Å². The molecule has 4 rings (SSSR count). The van der Waals surface area contributed by atoms with Crippen molar-refractivity contribution < 1.29 is 31.4 Å². The summed E-state index contributed by atoms with van der Waals surface area (Å²) in [6.45, 7) is 2.78. The zero-order valence-corrected chi connectivity index (χ0v) is 22.2. The van der Waals surface area contributed by atoms with E-state index in [4.69, 9.17) is 22.7 Å². The van der Waals surface area contributed by atoms with Crippen LogP contribution in [0.2, 0.25) is 0 Å². The van der Waals surface area contributed by atoms with E-state index < -0.39 is 21.8 Å². The first-order valence-electron chi connectivity index (χ1n) is 12.3. The fraction of sp³-hybridized carbons (Fsp3) is 0.560. The molecular formula is C25H32F3N3O4S2. The molecule has 1 aromatic carbocycles. The van der Waals surface area contributed by atoms with Crippen LogP contribution in [0.1, 0.15) is 38.2 Å². The smallest absolute Gasteiger partial charge is 0.399 e. The van der Waals surface area contributed by atoms with Gasteiger partial charge in [-0.15, -0.1) is 0 Å². The van der Waals surface area contributed by atoms with Gasteiger partial charge in [0.1, 0.15) is 0 Å². The van der Waals surface area contributed by atoms with Gasteiger partial charge in [-0.25, -0.2) is 8.42 Å². The number of nitrogens with two attached hydrogens (primary N) is 1. The molecule has 0 saturated carbocycles. The van der Waals surface area contributed by atoms with Crippen LogP contribution in [0.15, 0.2) is 47.0 Å². The molecule has 2 atom stereocenters. The number of halogens is 3. The molecule has 0 bridgehead atoms. The average molecular weight is 560 g/mol. The number of ether oxygens (including phenoxy) is 1. The summed E-state index contributed by atoms with van der Waals surface area (Å²) in [4.78, 5) is 2.43. The van der Waals surface area contributed by atoms with E-state index in [1.807, 2.05) is 0 Å². The highest BCUT2D eigenvalue weighted by molar-refractivity contribution is 7.96. The maximum atomic E-state index is 13.5. The van der Waals surface area contributed by atoms with Gasteiger partial charge in [-0.05, 0) is 55.9 Å². The van der Waals surface area contributed by atoms with Gasteiger partial charge < -0.3 is 20.5 Å². The van der Waals surface area contributed by atoms with Gasteiger partial charge >= 0.3 is 6.18 Å². The Morgan fingerprint density at radius 2 is 1.81 bits per heavy atom. The Morgan fingerprint density at radius 1 is 1.16 bits per heavy atom. The number of nitrogens with zero attached hydrogens (tertiary/aromatic N) is 2. The van der Waals surface area contributed by atoms with Crippen molar-refractivity contribution in [1.82, 2.24) is 4.31 Å². The van der Waals surface area contributed by atoms with Crippen molar-refractivity contribution >= 4 is 32.8 Å². The van der Waals surface area contributed by atoms with Crippen LogP contribution in [0.4, 0.5) is 18.9 Å². The molecule has 3 aliphatic rings. The van der Waals surface area contributed by atoms with Crippen molar-refractivity contribution in [3.63, 3.8) is 0 Å². The van der Waals surface area contributed by atoms with Gasteiger partial charge in [0.15, 0.2) is 5.60 Å². The number of aliphatic hydroxyl groups is 1. The second-order valence-electron chi connectivity index (χ2n) is 9.96. The molecule has 2 saturated heterocycles. The Bertz CT molecular complexity index is 1170. The predicted molar refractivity (Wildman–Crippen MR) is 139 cm³/mol. The van der Waals surface area contributed by atoms with Crippen molar-refractivity contribution in [1.29, 1.82) is 0 Å². The molecule has 0 unspecified atom stereocenters. The number of rotatable bonds is 6. The van der Waals surface area contributed by atoms with Crippen molar-refractivity contribution in [3.05, 3.63) is 52.6 Å². The van der Waals surface area contributed by atoms with Crippen molar-refractivity contribution in [2.24, 2.45) is 11.7 Å². The van der Waals surface area contributed by atoms with E-state index >= 15 is 0 Å². The van der Waals surface area contributed by atoms with Crippen LogP contribution in [-0.4, -0.2) is 67.8 Å². The molecule has 12 heteroatoms. The van der Waals surface area contributed by atoms with E-state index in [0.29, 0.717) is 54.8 Å². The van der Waals surface area contributed by atoms with Gasteiger partial charge in [-0.1, -0.05) is 30.4 Å². The highest BCUT2D eigenvalue weighted by Crippen LogP contribution is 2.39. The third-order valence-corrected chi connectivity index (χ3v) is 9.87. The van der Waals surface area contributed by atoms with Crippen LogP contribution in [-0.2, 0) is 20.4 Å². The standard InChI is InChI=1S/C25H32F3N3O4S2/c1-24(32,25(26,27)28)18-2-5-20(6-3-18)31-11-10-30(16-21(31)14-17-8-12-35-13-9-17)37(33,34)23-15-19(29)4-7-22(23)36/h2-6,15,17,21,32H,7-14,16,29H2,1H3/t21-,24+/m0/s1. The number of alkyl halides is 3. The van der Waals surface area contributed by atoms with Gasteiger partial charge in [0.25, 0.3) is 0 Å². The van der Waals surface area contributed by atoms with Crippen molar-refractivity contribution in [2.75, 3.05) is 37.7 Å². The maximum Gasteiger partial charge on any atom is 0.421 e. The van der Waals surface area contributed by atoms with Crippen LogP contribution in [0.5, 0.6) is 0 Å². The number of thiocarbonyl (C=S) groups is 1. The van der Waals surface area contributed by atoms with Gasteiger partial charge in [-0.3, -0.25) is 0 Å². The zero-order chi connectivity index (χ0) is 27.0. The molecule has 1 aliphatic carbocycles. The zero-order valence-electron chi connectivity index (χ0n) is 20.6. The number of hydrogen-bond donors (Lipinski definition) is 2. The number of sulfonamides is 1. The lowest BCUT2D eigenvalue weighted by Gasteiger charge is -2.44. The van der Waals surface area contributed by atoms with Gasteiger partial charge in [-0.2, -0.15) is 17.5 Å². The molecule has 0 spiro atoms.